The third-order valence-electron chi connectivity index (χ3n) is 9.94. The number of hydrogen-bond acceptors (Lipinski definition) is 8. The zero-order valence-electron chi connectivity index (χ0n) is 33.4. The summed E-state index contributed by atoms with van der Waals surface area (Å²) < 4.78 is 30.4. The van der Waals surface area contributed by atoms with Crippen LogP contribution < -0.4 is 23.7 Å². The summed E-state index contributed by atoms with van der Waals surface area (Å²) in [5, 5.41) is 0. The second-order valence-corrected chi connectivity index (χ2v) is 18.6. The molecule has 0 spiro atoms. The minimum Gasteiger partial charge on any atom is -0.496 e. The maximum absolute atomic E-state index is 14.1. The van der Waals surface area contributed by atoms with Crippen molar-refractivity contribution in [2.75, 3.05) is 28.4 Å². The molecule has 6 nitrogen and oxygen atoms in total. The summed E-state index contributed by atoms with van der Waals surface area (Å²) in [6, 6.07) is 26.8. The van der Waals surface area contributed by atoms with Crippen LogP contribution in [0.2, 0.25) is 0 Å². The molecule has 0 saturated carbocycles. The molecular formula is C46H56O6S2. The lowest BCUT2D eigenvalue weighted by Gasteiger charge is -2.31. The van der Waals surface area contributed by atoms with E-state index in [9.17, 15) is 4.79 Å². The molecule has 8 heteroatoms. The van der Waals surface area contributed by atoms with Gasteiger partial charge in [-0.2, -0.15) is 0 Å². The van der Waals surface area contributed by atoms with Crippen LogP contribution in [-0.4, -0.2) is 43.7 Å². The van der Waals surface area contributed by atoms with Crippen LogP contribution in [0.5, 0.6) is 28.7 Å². The lowest BCUT2D eigenvalue weighted by atomic mass is 9.89. The van der Waals surface area contributed by atoms with Gasteiger partial charge in [-0.05, 0) is 75.8 Å². The number of benzene rings is 4. The topological polar surface area (TPSA) is 63.2 Å². The summed E-state index contributed by atoms with van der Waals surface area (Å²) in [4.78, 5) is 16.7. The number of thioether (sulfide) groups is 2. The van der Waals surface area contributed by atoms with Crippen LogP contribution in [0.15, 0.2) is 100 Å². The second-order valence-electron chi connectivity index (χ2n) is 15.0. The Morgan fingerprint density at radius 1 is 0.759 bits per heavy atom. The van der Waals surface area contributed by atoms with Gasteiger partial charge in [0.25, 0.3) is 0 Å². The van der Waals surface area contributed by atoms with Crippen LogP contribution in [0, 0.1) is 0 Å². The van der Waals surface area contributed by atoms with Crippen LogP contribution in [0.25, 0.3) is 0 Å². The van der Waals surface area contributed by atoms with E-state index in [1.54, 1.807) is 28.4 Å². The summed E-state index contributed by atoms with van der Waals surface area (Å²) in [6.07, 6.45) is 7.25. The predicted molar refractivity (Wildman–Crippen MR) is 224 cm³/mol. The summed E-state index contributed by atoms with van der Waals surface area (Å²) in [5.41, 5.74) is 4.52. The van der Waals surface area contributed by atoms with Crippen molar-refractivity contribution in [1.82, 2.24) is 0 Å². The number of Topliss-reactive ketones (excluding diaryl/α,β-unsaturated/α-hetero) is 1. The molecule has 1 aliphatic rings. The molecular weight excluding hydrogens is 713 g/mol. The highest BCUT2D eigenvalue weighted by atomic mass is 32.2. The fourth-order valence-corrected chi connectivity index (χ4v) is 9.44. The van der Waals surface area contributed by atoms with Crippen molar-refractivity contribution in [2.45, 2.75) is 105 Å². The van der Waals surface area contributed by atoms with Gasteiger partial charge in [0.1, 0.15) is 28.9 Å². The fraction of sp³-hybridized carbons (Fsp3) is 0.413. The van der Waals surface area contributed by atoms with Crippen molar-refractivity contribution in [2.24, 2.45) is 0 Å². The molecule has 0 aromatic heterocycles. The molecule has 0 aliphatic carbocycles. The molecule has 0 bridgehead atoms. The van der Waals surface area contributed by atoms with Crippen molar-refractivity contribution in [3.05, 3.63) is 113 Å². The van der Waals surface area contributed by atoms with E-state index in [0.29, 0.717) is 47.2 Å². The predicted octanol–water partition coefficient (Wildman–Crippen LogP) is 12.2. The van der Waals surface area contributed by atoms with Gasteiger partial charge >= 0.3 is 0 Å². The molecule has 0 saturated heterocycles. The summed E-state index contributed by atoms with van der Waals surface area (Å²) >= 11 is 3.77. The smallest absolute Gasteiger partial charge is 0.174 e. The lowest BCUT2D eigenvalue weighted by Crippen LogP contribution is -2.23. The van der Waals surface area contributed by atoms with Gasteiger partial charge in [-0.25, -0.2) is 0 Å². The average Bonchev–Trinajstić information content (AvgIpc) is 3.15. The number of rotatable bonds is 18. The Morgan fingerprint density at radius 2 is 1.35 bits per heavy atom. The zero-order valence-corrected chi connectivity index (χ0v) is 35.0. The normalized spacial score (nSPS) is 14.6. The van der Waals surface area contributed by atoms with Gasteiger partial charge in [0.15, 0.2) is 17.3 Å². The van der Waals surface area contributed by atoms with Crippen molar-refractivity contribution in [3.8, 4) is 28.7 Å². The zero-order chi connectivity index (χ0) is 38.9. The number of carbonyl (C=O) groups is 1. The van der Waals surface area contributed by atoms with Crippen molar-refractivity contribution >= 4 is 29.3 Å². The summed E-state index contributed by atoms with van der Waals surface area (Å²) in [6.45, 7) is 11.3. The van der Waals surface area contributed by atoms with Gasteiger partial charge in [-0.3, -0.25) is 4.79 Å². The third-order valence-corrected chi connectivity index (χ3v) is 12.5. The number of ketones is 1. The van der Waals surface area contributed by atoms with E-state index in [1.165, 1.54) is 15.4 Å². The highest BCUT2D eigenvalue weighted by molar-refractivity contribution is 8.00. The molecule has 5 rings (SSSR count). The minimum atomic E-state index is -0.522. The Morgan fingerprint density at radius 3 is 1.93 bits per heavy atom. The van der Waals surface area contributed by atoms with Gasteiger partial charge in [-0.15, -0.1) is 23.5 Å². The Labute approximate surface area is 331 Å². The first kappa shape index (κ1) is 41.2. The van der Waals surface area contributed by atoms with E-state index in [-0.39, 0.29) is 21.7 Å². The molecule has 1 heterocycles. The number of hydrogen-bond donors (Lipinski definition) is 0. The van der Waals surface area contributed by atoms with E-state index in [4.69, 9.17) is 23.7 Å². The number of ether oxygens (including phenoxy) is 5. The standard InChI is InChI=1S/C46H56O6S2/c1-31(17-16-27-45(2,3)53-32-18-12-10-13-19-32)22-23-35-34(24-25-38(48-6)43(35)50-8)40-29-37(47)42-41(52-40)30-39(49-7)36(44(42)51-9)26-28-46(4,5)54-33-20-14-11-15-21-33/h10-15,18-22,24-25,30,40H,16-17,23,26-29H2,1-9H3/b31-22+/t40-/m0/s1. The molecule has 0 unspecified atom stereocenters. The largest absolute Gasteiger partial charge is 0.496 e. The quantitative estimate of drug-likeness (QED) is 0.0732. The summed E-state index contributed by atoms with van der Waals surface area (Å²) in [7, 11) is 6.58. The minimum absolute atomic E-state index is 0.0247. The van der Waals surface area contributed by atoms with Crippen LogP contribution in [0.3, 0.4) is 0 Å². The van der Waals surface area contributed by atoms with Gasteiger partial charge in [0.2, 0.25) is 0 Å². The van der Waals surface area contributed by atoms with Crippen molar-refractivity contribution in [1.29, 1.82) is 0 Å². The monoisotopic (exact) mass is 768 g/mol. The van der Waals surface area contributed by atoms with E-state index in [0.717, 1.165) is 42.4 Å². The van der Waals surface area contributed by atoms with Crippen molar-refractivity contribution in [3.63, 3.8) is 0 Å². The van der Waals surface area contributed by atoms with Gasteiger partial charge < -0.3 is 23.7 Å². The first-order valence-corrected chi connectivity index (χ1v) is 20.4. The molecule has 288 valence electrons. The van der Waals surface area contributed by atoms with E-state index in [1.807, 2.05) is 47.8 Å². The number of methoxy groups -OCH3 is 4. The van der Waals surface area contributed by atoms with Gasteiger partial charge in [-0.1, -0.05) is 81.8 Å². The van der Waals surface area contributed by atoms with Crippen LogP contribution >= 0.6 is 23.5 Å². The Hall–Kier alpha value is -4.01. The Balaban J connectivity index is 1.36. The Kier molecular flexibility index (Phi) is 14.1. The first-order chi connectivity index (χ1) is 25.9. The first-order valence-electron chi connectivity index (χ1n) is 18.7. The van der Waals surface area contributed by atoms with Crippen LogP contribution in [0.4, 0.5) is 0 Å². The number of fused-ring (bicyclic) bond motifs is 1. The van der Waals surface area contributed by atoms with E-state index in [2.05, 4.69) is 95.3 Å². The molecule has 4 aromatic rings. The molecule has 1 aliphatic heterocycles. The van der Waals surface area contributed by atoms with Crippen molar-refractivity contribution < 1.29 is 28.5 Å². The van der Waals surface area contributed by atoms with Crippen LogP contribution in [-0.2, 0) is 12.8 Å². The molecule has 0 fully saturated rings. The number of allylic oxidation sites excluding steroid dienone is 2. The highest BCUT2D eigenvalue weighted by Gasteiger charge is 2.36. The Bertz CT molecular complexity index is 1900. The maximum atomic E-state index is 14.1. The lowest BCUT2D eigenvalue weighted by molar-refractivity contribution is 0.0842. The molecule has 0 N–H and O–H groups in total. The maximum Gasteiger partial charge on any atom is 0.174 e. The van der Waals surface area contributed by atoms with Crippen LogP contribution in [0.1, 0.15) is 99.9 Å². The van der Waals surface area contributed by atoms with E-state index >= 15 is 0 Å². The molecule has 4 aromatic carbocycles. The molecule has 0 radical (unpaired) electrons. The van der Waals surface area contributed by atoms with Gasteiger partial charge in [0.05, 0.1) is 34.9 Å². The molecule has 1 atom stereocenters. The fourth-order valence-electron chi connectivity index (χ4n) is 7.13. The molecule has 0 amide bonds. The SMILES string of the molecule is COc1cc2c(c(OC)c1CCC(C)(C)Sc1ccccc1)C(=O)C[C@@H](c1ccc(OC)c(OC)c1C/C=C(\C)CCCC(C)(C)Sc1ccccc1)O2. The van der Waals surface area contributed by atoms with Gasteiger partial charge in [0, 0.05) is 42.0 Å². The third kappa shape index (κ3) is 10.4. The average molecular weight is 769 g/mol. The summed E-state index contributed by atoms with van der Waals surface area (Å²) in [5.74, 6) is 2.92. The highest BCUT2D eigenvalue weighted by Crippen LogP contribution is 2.48. The van der Waals surface area contributed by atoms with E-state index < -0.39 is 6.10 Å². The second kappa shape index (κ2) is 18.5. The molecule has 54 heavy (non-hydrogen) atoms. The number of carbonyl (C=O) groups excluding carboxylic acids is 1.